The first-order chi connectivity index (χ1) is 16.2. The van der Waals surface area contributed by atoms with Crippen LogP contribution < -0.4 is 10.2 Å². The second-order valence-electron chi connectivity index (χ2n) is 9.25. The molecule has 3 aromatic rings. The first kappa shape index (κ1) is 24.5. The molecule has 180 valence electrons. The van der Waals surface area contributed by atoms with Gasteiger partial charge in [-0.05, 0) is 69.9 Å². The molecule has 10 heteroatoms. The SMILES string of the molecule is CC(C)(C)OC(=O)NCC1CCN(c2cc(Br)ccc2-c2nnc(-c3ccnc(Cl)c3)o2)CC1. The van der Waals surface area contributed by atoms with Gasteiger partial charge in [-0.2, -0.15) is 0 Å². The van der Waals surface area contributed by atoms with E-state index in [0.29, 0.717) is 29.4 Å². The van der Waals surface area contributed by atoms with Gasteiger partial charge < -0.3 is 19.4 Å². The molecule has 0 saturated carbocycles. The molecule has 34 heavy (non-hydrogen) atoms. The number of pyridine rings is 1. The summed E-state index contributed by atoms with van der Waals surface area (Å²) in [6, 6.07) is 9.48. The minimum absolute atomic E-state index is 0.366. The van der Waals surface area contributed by atoms with E-state index in [1.807, 2.05) is 32.9 Å². The molecule has 0 spiro atoms. The molecule has 1 saturated heterocycles. The van der Waals surface area contributed by atoms with Gasteiger partial charge in [0.2, 0.25) is 11.8 Å². The number of hydrogen-bond acceptors (Lipinski definition) is 7. The number of nitrogens with zero attached hydrogens (tertiary/aromatic N) is 4. The number of ether oxygens (including phenoxy) is 1. The zero-order valence-electron chi connectivity index (χ0n) is 19.3. The maximum atomic E-state index is 12.0. The number of benzene rings is 1. The average molecular weight is 549 g/mol. The van der Waals surface area contributed by atoms with E-state index in [9.17, 15) is 4.79 Å². The molecule has 2 aromatic heterocycles. The lowest BCUT2D eigenvalue weighted by Gasteiger charge is -2.34. The molecule has 1 aromatic carbocycles. The summed E-state index contributed by atoms with van der Waals surface area (Å²) in [6.45, 7) is 7.89. The molecule has 0 radical (unpaired) electrons. The largest absolute Gasteiger partial charge is 0.444 e. The lowest BCUT2D eigenvalue weighted by molar-refractivity contribution is 0.0517. The van der Waals surface area contributed by atoms with Gasteiger partial charge in [0.25, 0.3) is 0 Å². The normalized spacial score (nSPS) is 14.8. The number of piperidine rings is 1. The third-order valence-electron chi connectivity index (χ3n) is 5.48. The Kier molecular flexibility index (Phi) is 7.42. The van der Waals surface area contributed by atoms with E-state index in [0.717, 1.165) is 47.2 Å². The fourth-order valence-electron chi connectivity index (χ4n) is 3.85. The first-order valence-corrected chi connectivity index (χ1v) is 12.3. The minimum Gasteiger partial charge on any atom is -0.444 e. The van der Waals surface area contributed by atoms with Crippen molar-refractivity contribution in [1.29, 1.82) is 0 Å². The van der Waals surface area contributed by atoms with Crippen molar-refractivity contribution in [2.24, 2.45) is 5.92 Å². The van der Waals surface area contributed by atoms with Crippen molar-refractivity contribution in [3.05, 3.63) is 46.2 Å². The molecule has 0 bridgehead atoms. The fraction of sp³-hybridized carbons (Fsp3) is 0.417. The Balaban J connectivity index is 1.44. The van der Waals surface area contributed by atoms with E-state index in [2.05, 4.69) is 47.4 Å². The number of aromatic nitrogens is 3. The molecule has 1 amide bonds. The smallest absolute Gasteiger partial charge is 0.407 e. The Morgan fingerprint density at radius 3 is 2.65 bits per heavy atom. The zero-order valence-corrected chi connectivity index (χ0v) is 21.7. The Morgan fingerprint density at radius 1 is 1.21 bits per heavy atom. The summed E-state index contributed by atoms with van der Waals surface area (Å²) in [5.74, 6) is 1.23. The Bertz CT molecular complexity index is 1160. The number of alkyl carbamates (subject to hydrolysis) is 1. The lowest BCUT2D eigenvalue weighted by Crippen LogP contribution is -2.40. The molecule has 1 N–H and O–H groups in total. The van der Waals surface area contributed by atoms with Crippen molar-refractivity contribution < 1.29 is 13.9 Å². The van der Waals surface area contributed by atoms with Gasteiger partial charge in [-0.3, -0.25) is 0 Å². The van der Waals surface area contributed by atoms with E-state index in [4.69, 9.17) is 20.8 Å². The van der Waals surface area contributed by atoms with Crippen molar-refractivity contribution in [2.75, 3.05) is 24.5 Å². The number of halogens is 2. The molecule has 0 unspecified atom stereocenters. The third-order valence-corrected chi connectivity index (χ3v) is 6.18. The van der Waals surface area contributed by atoms with Crippen molar-refractivity contribution in [3.63, 3.8) is 0 Å². The predicted octanol–water partition coefficient (Wildman–Crippen LogP) is 5.96. The summed E-state index contributed by atoms with van der Waals surface area (Å²) in [4.78, 5) is 18.3. The number of carbonyl (C=O) groups is 1. The van der Waals surface area contributed by atoms with Crippen LogP contribution in [0.25, 0.3) is 22.9 Å². The quantitative estimate of drug-likeness (QED) is 0.393. The molecule has 1 aliphatic rings. The second-order valence-corrected chi connectivity index (χ2v) is 10.6. The summed E-state index contributed by atoms with van der Waals surface area (Å²) < 4.78 is 12.3. The van der Waals surface area contributed by atoms with Gasteiger partial charge in [-0.1, -0.05) is 27.5 Å². The van der Waals surface area contributed by atoms with Gasteiger partial charge in [0.15, 0.2) is 0 Å². The van der Waals surface area contributed by atoms with Gasteiger partial charge in [0.1, 0.15) is 10.8 Å². The predicted molar refractivity (Wildman–Crippen MR) is 135 cm³/mol. The van der Waals surface area contributed by atoms with Crippen molar-refractivity contribution in [2.45, 2.75) is 39.2 Å². The monoisotopic (exact) mass is 547 g/mol. The Morgan fingerprint density at radius 2 is 1.94 bits per heavy atom. The van der Waals surface area contributed by atoms with Crippen LogP contribution in [0.2, 0.25) is 5.15 Å². The van der Waals surface area contributed by atoms with E-state index in [1.54, 1.807) is 18.3 Å². The number of hydrogen-bond donors (Lipinski definition) is 1. The number of amides is 1. The summed E-state index contributed by atoms with van der Waals surface area (Å²) in [7, 11) is 0. The van der Waals surface area contributed by atoms with Gasteiger partial charge in [-0.15, -0.1) is 10.2 Å². The van der Waals surface area contributed by atoms with Crippen LogP contribution in [0.3, 0.4) is 0 Å². The zero-order chi connectivity index (χ0) is 24.3. The number of nitrogens with one attached hydrogen (secondary N) is 1. The number of carbonyl (C=O) groups excluding carboxylic acids is 1. The van der Waals surface area contributed by atoms with Crippen LogP contribution in [-0.4, -0.2) is 46.5 Å². The highest BCUT2D eigenvalue weighted by atomic mass is 79.9. The van der Waals surface area contributed by atoms with Crippen LogP contribution >= 0.6 is 27.5 Å². The van der Waals surface area contributed by atoms with Crippen LogP contribution in [0, 0.1) is 5.92 Å². The van der Waals surface area contributed by atoms with E-state index < -0.39 is 5.60 Å². The van der Waals surface area contributed by atoms with E-state index >= 15 is 0 Å². The summed E-state index contributed by atoms with van der Waals surface area (Å²) in [5.41, 5.74) is 2.11. The van der Waals surface area contributed by atoms with Crippen molar-refractivity contribution in [3.8, 4) is 22.9 Å². The molecule has 3 heterocycles. The highest BCUT2D eigenvalue weighted by Crippen LogP contribution is 2.36. The molecule has 4 rings (SSSR count). The average Bonchev–Trinajstić information content (AvgIpc) is 3.27. The molecule has 1 aliphatic heterocycles. The highest BCUT2D eigenvalue weighted by molar-refractivity contribution is 9.10. The maximum Gasteiger partial charge on any atom is 0.407 e. The molecule has 1 fully saturated rings. The number of rotatable bonds is 5. The standard InChI is InChI=1S/C24H27BrClN5O3/c1-24(2,3)34-23(32)28-14-15-7-10-31(11-8-15)19-13-17(25)4-5-18(19)22-30-29-21(33-22)16-6-9-27-20(26)12-16/h4-6,9,12-13,15H,7-8,10-11,14H2,1-3H3,(H,28,32). The van der Waals surface area contributed by atoms with Gasteiger partial charge in [0, 0.05) is 35.9 Å². The van der Waals surface area contributed by atoms with Gasteiger partial charge in [0.05, 0.1) is 11.3 Å². The van der Waals surface area contributed by atoms with E-state index in [-0.39, 0.29) is 6.09 Å². The molecular formula is C24H27BrClN5O3. The second kappa shape index (κ2) is 10.3. The maximum absolute atomic E-state index is 12.0. The highest BCUT2D eigenvalue weighted by Gasteiger charge is 2.25. The Hall–Kier alpha value is -2.65. The molecular weight excluding hydrogens is 522 g/mol. The first-order valence-electron chi connectivity index (χ1n) is 11.1. The van der Waals surface area contributed by atoms with Crippen LogP contribution in [-0.2, 0) is 4.74 Å². The van der Waals surface area contributed by atoms with E-state index in [1.165, 1.54) is 0 Å². The van der Waals surface area contributed by atoms with Gasteiger partial charge >= 0.3 is 6.09 Å². The number of anilines is 1. The lowest BCUT2D eigenvalue weighted by atomic mass is 9.96. The van der Waals surface area contributed by atoms with Crippen molar-refractivity contribution in [1.82, 2.24) is 20.5 Å². The van der Waals surface area contributed by atoms with Crippen LogP contribution in [0.5, 0.6) is 0 Å². The van der Waals surface area contributed by atoms with Crippen molar-refractivity contribution >= 4 is 39.3 Å². The van der Waals surface area contributed by atoms with Crippen LogP contribution in [0.15, 0.2) is 45.4 Å². The summed E-state index contributed by atoms with van der Waals surface area (Å²) in [6.07, 6.45) is 3.14. The summed E-state index contributed by atoms with van der Waals surface area (Å²) in [5, 5.41) is 11.8. The fourth-order valence-corrected chi connectivity index (χ4v) is 4.37. The Labute approximate surface area is 212 Å². The molecule has 0 aliphatic carbocycles. The molecule has 0 atom stereocenters. The van der Waals surface area contributed by atoms with Crippen LogP contribution in [0.4, 0.5) is 10.5 Å². The summed E-state index contributed by atoms with van der Waals surface area (Å²) >= 11 is 9.58. The topological polar surface area (TPSA) is 93.4 Å². The molecule has 8 nitrogen and oxygen atoms in total. The minimum atomic E-state index is -0.497. The van der Waals surface area contributed by atoms with Crippen LogP contribution in [0.1, 0.15) is 33.6 Å². The third kappa shape index (κ3) is 6.27. The van der Waals surface area contributed by atoms with Gasteiger partial charge in [-0.25, -0.2) is 9.78 Å².